The summed E-state index contributed by atoms with van der Waals surface area (Å²) in [5.41, 5.74) is 6.24. The van der Waals surface area contributed by atoms with Crippen molar-refractivity contribution in [3.8, 4) is 0 Å². The molecule has 2 aromatic rings. The fraction of sp³-hybridized carbons (Fsp3) is 0. The summed E-state index contributed by atoms with van der Waals surface area (Å²) in [4.78, 5) is 18.8. The summed E-state index contributed by atoms with van der Waals surface area (Å²) in [6.07, 6.45) is 4.74. The number of carbonyl (C=O) groups is 1. The zero-order chi connectivity index (χ0) is 12.1. The summed E-state index contributed by atoms with van der Waals surface area (Å²) in [5.74, 6) is -0.527. The van der Waals surface area contributed by atoms with Crippen molar-refractivity contribution in [2.24, 2.45) is 10.9 Å². The van der Waals surface area contributed by atoms with Gasteiger partial charge in [0, 0.05) is 6.07 Å². The minimum atomic E-state index is -0.696. The summed E-state index contributed by atoms with van der Waals surface area (Å²) in [6.45, 7) is 0. The van der Waals surface area contributed by atoms with E-state index in [0.717, 1.165) is 0 Å². The maximum Gasteiger partial charge on any atom is 0.400 e. The van der Waals surface area contributed by atoms with Gasteiger partial charge in [-0.2, -0.15) is 0 Å². The Morgan fingerprint density at radius 1 is 1.41 bits per heavy atom. The predicted molar refractivity (Wildman–Crippen MR) is 57.8 cm³/mol. The number of hydrogen-bond donors (Lipinski definition) is 1. The molecule has 6 heteroatoms. The average Bonchev–Trinajstić information content (AvgIpc) is 2.90. The highest BCUT2D eigenvalue weighted by Gasteiger charge is 2.10. The molecule has 2 rings (SSSR count). The lowest BCUT2D eigenvalue weighted by molar-refractivity contribution is -0.378. The molecule has 0 radical (unpaired) electrons. The maximum absolute atomic E-state index is 11.4. The lowest BCUT2D eigenvalue weighted by Gasteiger charge is -1.96. The number of aromatic amines is 1. The number of carbonyl (C=O) groups excluding carboxylic acids is 1. The van der Waals surface area contributed by atoms with Crippen molar-refractivity contribution in [1.82, 2.24) is 0 Å². The van der Waals surface area contributed by atoms with Gasteiger partial charge in [-0.25, -0.2) is 9.78 Å². The number of nitrogens with one attached hydrogen (secondary N) is 1. The van der Waals surface area contributed by atoms with Crippen molar-refractivity contribution in [2.45, 2.75) is 0 Å². The smallest absolute Gasteiger partial charge is 0.400 e. The zero-order valence-corrected chi connectivity index (χ0v) is 8.79. The zero-order valence-electron chi connectivity index (χ0n) is 8.79. The Balaban J connectivity index is 2.04. The highest BCUT2D eigenvalue weighted by atomic mass is 16.7. The molecule has 3 N–H and O–H groups in total. The molecule has 0 fully saturated rings. The van der Waals surface area contributed by atoms with E-state index >= 15 is 0 Å². The highest BCUT2D eigenvalue weighted by molar-refractivity contribution is 5.97. The molecule has 86 valence electrons. The van der Waals surface area contributed by atoms with Crippen molar-refractivity contribution >= 4 is 11.8 Å². The number of aromatic nitrogens is 1. The van der Waals surface area contributed by atoms with Crippen molar-refractivity contribution in [3.05, 3.63) is 54.2 Å². The van der Waals surface area contributed by atoms with Crippen LogP contribution in [0, 0.1) is 0 Å². The Bertz CT molecular complexity index is 520. The van der Waals surface area contributed by atoms with Crippen LogP contribution < -0.4 is 10.7 Å². The third-order valence-corrected chi connectivity index (χ3v) is 1.95. The monoisotopic (exact) mass is 232 g/mol. The SMILES string of the molecule is NC(=NOC(=O)c1ccco1)c1ccc[nH+]c1. The predicted octanol–water partition coefficient (Wildman–Crippen LogP) is 0.571. The van der Waals surface area contributed by atoms with Crippen LogP contribution in [0.15, 0.2) is 52.5 Å². The number of rotatable bonds is 3. The second-order valence-electron chi connectivity index (χ2n) is 3.12. The van der Waals surface area contributed by atoms with Crippen LogP contribution in [-0.2, 0) is 4.84 Å². The Morgan fingerprint density at radius 2 is 2.29 bits per heavy atom. The lowest BCUT2D eigenvalue weighted by atomic mass is 10.3. The van der Waals surface area contributed by atoms with Gasteiger partial charge in [0.05, 0.1) is 11.8 Å². The van der Waals surface area contributed by atoms with Crippen LogP contribution in [0.1, 0.15) is 16.1 Å². The molecule has 0 aliphatic heterocycles. The van der Waals surface area contributed by atoms with Crippen LogP contribution in [0.3, 0.4) is 0 Å². The van der Waals surface area contributed by atoms with Gasteiger partial charge in [-0.1, -0.05) is 5.16 Å². The van der Waals surface area contributed by atoms with E-state index in [1.54, 1.807) is 30.6 Å². The number of H-pyrrole nitrogens is 1. The molecule has 0 spiro atoms. The molecule has 2 aromatic heterocycles. The normalized spacial score (nSPS) is 11.2. The molecule has 2 heterocycles. The minimum Gasteiger partial charge on any atom is -0.457 e. The van der Waals surface area contributed by atoms with Crippen molar-refractivity contribution in [2.75, 3.05) is 0 Å². The van der Waals surface area contributed by atoms with E-state index in [0.29, 0.717) is 5.56 Å². The van der Waals surface area contributed by atoms with Gasteiger partial charge in [-0.15, -0.1) is 0 Å². The number of hydrogen-bond acceptors (Lipinski definition) is 4. The minimum absolute atomic E-state index is 0.0705. The second kappa shape index (κ2) is 4.93. The molecule has 0 atom stereocenters. The number of nitrogens with zero attached hydrogens (tertiary/aromatic N) is 1. The highest BCUT2D eigenvalue weighted by Crippen LogP contribution is 2.03. The van der Waals surface area contributed by atoms with E-state index in [1.807, 2.05) is 0 Å². The first-order valence-corrected chi connectivity index (χ1v) is 4.82. The largest absolute Gasteiger partial charge is 0.457 e. The fourth-order valence-electron chi connectivity index (χ4n) is 1.14. The number of pyridine rings is 1. The first kappa shape index (κ1) is 10.9. The van der Waals surface area contributed by atoms with Crippen LogP contribution in [-0.4, -0.2) is 11.8 Å². The lowest BCUT2D eigenvalue weighted by Crippen LogP contribution is -2.17. The van der Waals surface area contributed by atoms with Gasteiger partial charge in [-0.3, -0.25) is 0 Å². The molecule has 17 heavy (non-hydrogen) atoms. The first-order chi connectivity index (χ1) is 8.27. The molecule has 0 saturated heterocycles. The van der Waals surface area contributed by atoms with Gasteiger partial charge >= 0.3 is 5.97 Å². The van der Waals surface area contributed by atoms with Gasteiger partial charge in [0.15, 0.2) is 18.2 Å². The van der Waals surface area contributed by atoms with E-state index in [9.17, 15) is 4.79 Å². The quantitative estimate of drug-likeness (QED) is 0.362. The molecule has 0 bridgehead atoms. The van der Waals surface area contributed by atoms with Crippen LogP contribution in [0.5, 0.6) is 0 Å². The fourth-order valence-corrected chi connectivity index (χ4v) is 1.14. The average molecular weight is 232 g/mol. The Morgan fingerprint density at radius 3 is 2.94 bits per heavy atom. The summed E-state index contributed by atoms with van der Waals surface area (Å²) in [6, 6.07) is 6.54. The van der Waals surface area contributed by atoms with E-state index in [-0.39, 0.29) is 11.6 Å². The Hall–Kier alpha value is -2.63. The molecular weight excluding hydrogens is 222 g/mol. The van der Waals surface area contributed by atoms with Crippen molar-refractivity contribution in [1.29, 1.82) is 0 Å². The third kappa shape index (κ3) is 2.69. The number of amidine groups is 1. The van der Waals surface area contributed by atoms with Crippen molar-refractivity contribution < 1.29 is 19.0 Å². The molecule has 0 unspecified atom stereocenters. The van der Waals surface area contributed by atoms with Gasteiger partial charge in [0.25, 0.3) is 0 Å². The van der Waals surface area contributed by atoms with Crippen molar-refractivity contribution in [3.63, 3.8) is 0 Å². The van der Waals surface area contributed by atoms with Crippen LogP contribution in [0.2, 0.25) is 0 Å². The first-order valence-electron chi connectivity index (χ1n) is 4.82. The summed E-state index contributed by atoms with van der Waals surface area (Å²) < 4.78 is 4.84. The third-order valence-electron chi connectivity index (χ3n) is 1.95. The van der Waals surface area contributed by atoms with Gasteiger partial charge in [-0.05, 0) is 18.2 Å². The van der Waals surface area contributed by atoms with E-state index in [1.165, 1.54) is 12.3 Å². The number of nitrogens with two attached hydrogens (primary N) is 1. The molecular formula is C11H10N3O3+. The number of furan rings is 1. The van der Waals surface area contributed by atoms with Gasteiger partial charge in [0.2, 0.25) is 5.76 Å². The molecule has 0 amide bonds. The van der Waals surface area contributed by atoms with Gasteiger partial charge < -0.3 is 15.0 Å². The molecule has 0 aliphatic rings. The second-order valence-corrected chi connectivity index (χ2v) is 3.12. The van der Waals surface area contributed by atoms with E-state index in [2.05, 4.69) is 15.0 Å². The molecule has 0 aromatic carbocycles. The Labute approximate surface area is 96.7 Å². The summed E-state index contributed by atoms with van der Waals surface area (Å²) in [7, 11) is 0. The number of oxime groups is 1. The maximum atomic E-state index is 11.4. The Kier molecular flexibility index (Phi) is 3.15. The van der Waals surface area contributed by atoms with E-state index in [4.69, 9.17) is 10.2 Å². The molecule has 6 nitrogen and oxygen atoms in total. The standard InChI is InChI=1S/C11H9N3O3/c12-10(8-3-1-5-13-7-8)14-17-11(15)9-4-2-6-16-9/h1-7H,(H2,12,14)/p+1. The van der Waals surface area contributed by atoms with E-state index < -0.39 is 5.97 Å². The summed E-state index contributed by atoms with van der Waals surface area (Å²) in [5, 5.41) is 3.52. The van der Waals surface area contributed by atoms with Crippen LogP contribution >= 0.6 is 0 Å². The topological polar surface area (TPSA) is 92.0 Å². The van der Waals surface area contributed by atoms with Crippen LogP contribution in [0.4, 0.5) is 0 Å². The van der Waals surface area contributed by atoms with Gasteiger partial charge in [0.1, 0.15) is 0 Å². The van der Waals surface area contributed by atoms with Crippen LogP contribution in [0.25, 0.3) is 0 Å². The molecule has 0 saturated carbocycles. The molecule has 0 aliphatic carbocycles. The summed E-state index contributed by atoms with van der Waals surface area (Å²) >= 11 is 0.